The molecule has 0 aromatic carbocycles. The van der Waals surface area contributed by atoms with Gasteiger partial charge in [0.25, 0.3) is 0 Å². The molecule has 0 aliphatic heterocycles. The number of rotatable bonds is 0. The van der Waals surface area contributed by atoms with Gasteiger partial charge in [-0.05, 0) is 0 Å². The Bertz CT molecular complexity index is 7.51. The van der Waals surface area contributed by atoms with Crippen LogP contribution in [0.4, 0.5) is 0 Å². The van der Waals surface area contributed by atoms with Crippen LogP contribution in [0.2, 0.25) is 0 Å². The molecule has 0 aliphatic carbocycles. The first-order valence-corrected chi connectivity index (χ1v) is 0. The van der Waals surface area contributed by atoms with Crippen LogP contribution in [-0.2, 0) is 0 Å². The van der Waals surface area contributed by atoms with Gasteiger partial charge in [-0.25, -0.2) is 0 Å². The van der Waals surface area contributed by atoms with Crippen molar-refractivity contribution in [2.75, 3.05) is 0 Å². The maximum absolute atomic E-state index is 0. The van der Waals surface area contributed by atoms with Crippen LogP contribution < -0.4 is 115 Å². The minimum atomic E-state index is 0. The summed E-state index contributed by atoms with van der Waals surface area (Å²) < 4.78 is 0. The van der Waals surface area contributed by atoms with E-state index in [9.17, 15) is 0 Å². The van der Waals surface area contributed by atoms with Crippen molar-refractivity contribution >= 4 is 0 Å². The molecule has 32 valence electrons. The van der Waals surface area contributed by atoms with Crippen molar-refractivity contribution in [3.63, 3.8) is 0 Å². The van der Waals surface area contributed by atoms with Crippen molar-refractivity contribution in [3.05, 3.63) is 0 Å². The van der Waals surface area contributed by atoms with Crippen LogP contribution in [0.5, 0.6) is 0 Å². The third-order valence-electron chi connectivity index (χ3n) is 0. The maximum Gasteiger partial charge on any atom is 3.00 e. The van der Waals surface area contributed by atoms with Gasteiger partial charge in [-0.15, -0.1) is 0 Å². The summed E-state index contributed by atoms with van der Waals surface area (Å²) >= 11 is 0. The van der Waals surface area contributed by atoms with Crippen molar-refractivity contribution in [3.8, 4) is 0 Å². The van der Waals surface area contributed by atoms with E-state index in [1.807, 2.05) is 0 Å². The van der Waals surface area contributed by atoms with Crippen molar-refractivity contribution in [1.29, 1.82) is 0 Å². The molecule has 0 N–H and O–H groups in total. The Morgan fingerprint density at radius 1 is 0.500 bits per heavy atom. The first-order chi connectivity index (χ1) is 0. The van der Waals surface area contributed by atoms with Crippen LogP contribution in [-0.4, -0.2) is 0 Å². The largest absolute Gasteiger partial charge is 3.00 e. The molecule has 0 saturated heterocycles. The van der Waals surface area contributed by atoms with Crippen molar-refractivity contribution in [1.82, 2.24) is 0 Å². The number of halogens is 4. The van der Waals surface area contributed by atoms with Gasteiger partial charge < -0.3 is 95.9 Å². The van der Waals surface area contributed by atoms with Gasteiger partial charge in [0.05, 0.1) is 0 Å². The van der Waals surface area contributed by atoms with E-state index >= 15 is 0 Å². The molecule has 0 fully saturated rings. The zero-order chi connectivity index (χ0) is 0. The van der Waals surface area contributed by atoms with Gasteiger partial charge in [0.15, 0.2) is 0 Å². The zero-order valence-corrected chi connectivity index (χ0v) is 15.3. The fourth-order valence-corrected chi connectivity index (χ4v) is 0. The molecular weight excluding hydrogens is 653 g/mol. The molecular formula is I4LaLi. The van der Waals surface area contributed by atoms with E-state index in [2.05, 4.69) is 0 Å². The fourth-order valence-electron chi connectivity index (χ4n) is 0. The third-order valence-corrected chi connectivity index (χ3v) is 0. The molecule has 0 aliphatic rings. The van der Waals surface area contributed by atoms with Gasteiger partial charge in [0.1, 0.15) is 0 Å². The molecule has 0 nitrogen and oxygen atoms in total. The molecule has 0 amide bonds. The van der Waals surface area contributed by atoms with Gasteiger partial charge in [-0.1, -0.05) is 0 Å². The molecule has 0 unspecified atom stereocenters. The molecule has 0 heterocycles. The Morgan fingerprint density at radius 3 is 0.500 bits per heavy atom. The molecule has 0 spiro atoms. The Balaban J connectivity index is 0. The Morgan fingerprint density at radius 2 is 0.500 bits per heavy atom. The minimum absolute atomic E-state index is 0. The first-order valence-electron chi connectivity index (χ1n) is 0. The quantitative estimate of drug-likeness (QED) is 0.180. The molecule has 6 heavy (non-hydrogen) atoms. The normalized spacial score (nSPS) is 0. The second-order valence-electron chi connectivity index (χ2n) is 0. The molecule has 0 atom stereocenters. The molecule has 0 radical (unpaired) electrons. The van der Waals surface area contributed by atoms with Crippen LogP contribution in [0.3, 0.4) is 0 Å². The van der Waals surface area contributed by atoms with Crippen LogP contribution >= 0.6 is 0 Å². The van der Waals surface area contributed by atoms with Gasteiger partial charge in [0, 0.05) is 0 Å². The average molecular weight is 653 g/mol. The number of hydrogen-bond donors (Lipinski definition) is 0. The Labute approximate surface area is 146 Å². The Hall–Kier alpha value is 4.71. The van der Waals surface area contributed by atoms with E-state index in [4.69, 9.17) is 0 Å². The maximum atomic E-state index is 0. The van der Waals surface area contributed by atoms with Crippen LogP contribution in [0.1, 0.15) is 0 Å². The van der Waals surface area contributed by atoms with Crippen molar-refractivity contribution in [2.45, 2.75) is 0 Å². The summed E-state index contributed by atoms with van der Waals surface area (Å²) in [5, 5.41) is 0. The summed E-state index contributed by atoms with van der Waals surface area (Å²) in [5.74, 6) is 0. The molecule has 0 aromatic rings. The minimum Gasteiger partial charge on any atom is -1.00 e. The predicted octanol–water partition coefficient (Wildman–Crippen LogP) is -15.0. The summed E-state index contributed by atoms with van der Waals surface area (Å²) in [7, 11) is 0. The standard InChI is InChI=1S/4HI.La.Li/h4*1H;;/q;;;;+3;+1/p-4. The van der Waals surface area contributed by atoms with Crippen molar-refractivity contribution in [2.24, 2.45) is 0 Å². The summed E-state index contributed by atoms with van der Waals surface area (Å²) in [6.45, 7) is 0. The molecule has 0 bridgehead atoms. The van der Waals surface area contributed by atoms with Gasteiger partial charge in [-0.2, -0.15) is 0 Å². The summed E-state index contributed by atoms with van der Waals surface area (Å²) in [4.78, 5) is 0. The summed E-state index contributed by atoms with van der Waals surface area (Å²) in [6.07, 6.45) is 0. The predicted molar refractivity (Wildman–Crippen MR) is 0 cm³/mol. The smallest absolute Gasteiger partial charge is 1.00 e. The van der Waals surface area contributed by atoms with E-state index in [1.165, 1.54) is 0 Å². The van der Waals surface area contributed by atoms with Crippen LogP contribution in [0, 0.1) is 35.6 Å². The number of hydrogen-bond acceptors (Lipinski definition) is 0. The molecule has 0 rings (SSSR count). The van der Waals surface area contributed by atoms with Gasteiger partial charge in [0.2, 0.25) is 0 Å². The monoisotopic (exact) mass is 654 g/mol. The van der Waals surface area contributed by atoms with E-state index in [0.717, 1.165) is 0 Å². The van der Waals surface area contributed by atoms with Crippen LogP contribution in [0.15, 0.2) is 0 Å². The molecule has 0 saturated carbocycles. The van der Waals surface area contributed by atoms with Gasteiger partial charge in [-0.3, -0.25) is 0 Å². The first kappa shape index (κ1) is 45.5. The van der Waals surface area contributed by atoms with E-state index in [0.29, 0.717) is 0 Å². The van der Waals surface area contributed by atoms with Crippen molar-refractivity contribution < 1.29 is 150 Å². The Kier molecular flexibility index (Phi) is 252. The molecule has 0 aromatic heterocycles. The summed E-state index contributed by atoms with van der Waals surface area (Å²) in [5.41, 5.74) is 0. The SMILES string of the molecule is [I-].[I-].[I-].[I-].[La+3].[Li+]. The van der Waals surface area contributed by atoms with E-state index < -0.39 is 0 Å². The summed E-state index contributed by atoms with van der Waals surface area (Å²) in [6, 6.07) is 0. The van der Waals surface area contributed by atoms with E-state index in [-0.39, 0.29) is 150 Å². The molecule has 6 heteroatoms. The fraction of sp³-hybridized carbons (Fsp3) is 0. The third kappa shape index (κ3) is 23.3. The second-order valence-corrected chi connectivity index (χ2v) is 0. The second kappa shape index (κ2) is 33.2. The van der Waals surface area contributed by atoms with Gasteiger partial charge >= 0.3 is 54.5 Å². The average Bonchev–Trinajstić information content (AvgIpc) is 0. The zero-order valence-electron chi connectivity index (χ0n) is 3.09. The van der Waals surface area contributed by atoms with Crippen LogP contribution in [0.25, 0.3) is 0 Å². The topological polar surface area (TPSA) is 0 Å². The van der Waals surface area contributed by atoms with E-state index in [1.54, 1.807) is 0 Å².